The molecule has 5 heteroatoms. The molecule has 3 aromatic rings. The topological polar surface area (TPSA) is 50.2 Å². The van der Waals surface area contributed by atoms with E-state index in [4.69, 9.17) is 0 Å². The molecule has 0 saturated heterocycles. The van der Waals surface area contributed by atoms with Crippen LogP contribution >= 0.6 is 0 Å². The normalized spacial score (nSPS) is 10.8. The van der Waals surface area contributed by atoms with Gasteiger partial charge in [-0.05, 0) is 24.1 Å². The maximum Gasteiger partial charge on any atom is 0.317 e. The summed E-state index contributed by atoms with van der Waals surface area (Å²) in [6.07, 6.45) is 0. The summed E-state index contributed by atoms with van der Waals surface area (Å²) in [5.41, 5.74) is 4.36. The zero-order valence-electron chi connectivity index (χ0n) is 14.3. The van der Waals surface area contributed by atoms with E-state index in [0.29, 0.717) is 13.1 Å². The molecule has 0 aliphatic heterocycles. The van der Waals surface area contributed by atoms with Gasteiger partial charge in [0.1, 0.15) is 5.82 Å². The fraction of sp³-hybridized carbons (Fsp3) is 0.263. The summed E-state index contributed by atoms with van der Waals surface area (Å²) < 4.78 is 2.04. The van der Waals surface area contributed by atoms with Crippen LogP contribution < -0.4 is 5.32 Å². The molecular formula is C19H22N4O. The van der Waals surface area contributed by atoms with Crippen molar-refractivity contribution >= 4 is 17.1 Å². The monoisotopic (exact) mass is 322 g/mol. The molecule has 5 nitrogen and oxygen atoms in total. The van der Waals surface area contributed by atoms with Crippen molar-refractivity contribution in [2.24, 2.45) is 7.05 Å². The average Bonchev–Trinajstić information content (AvgIpc) is 2.91. The van der Waals surface area contributed by atoms with E-state index in [1.165, 1.54) is 5.56 Å². The number of rotatable bonds is 4. The molecule has 124 valence electrons. The van der Waals surface area contributed by atoms with Crippen LogP contribution in [0.15, 0.2) is 48.5 Å². The zero-order valence-corrected chi connectivity index (χ0v) is 14.3. The zero-order chi connectivity index (χ0) is 17.1. The van der Waals surface area contributed by atoms with Gasteiger partial charge in [-0.1, -0.05) is 42.5 Å². The van der Waals surface area contributed by atoms with Crippen LogP contribution in [0, 0.1) is 6.92 Å². The maximum absolute atomic E-state index is 12.3. The van der Waals surface area contributed by atoms with Crippen molar-refractivity contribution in [3.8, 4) is 0 Å². The summed E-state index contributed by atoms with van der Waals surface area (Å²) in [4.78, 5) is 18.6. The summed E-state index contributed by atoms with van der Waals surface area (Å²) in [7, 11) is 3.78. The van der Waals surface area contributed by atoms with Crippen molar-refractivity contribution in [2.45, 2.75) is 20.0 Å². The molecule has 0 atom stereocenters. The number of nitrogens with zero attached hydrogens (tertiary/aromatic N) is 3. The minimum atomic E-state index is -0.109. The molecule has 0 aliphatic rings. The van der Waals surface area contributed by atoms with Crippen molar-refractivity contribution in [3.05, 3.63) is 65.5 Å². The largest absolute Gasteiger partial charge is 0.331 e. The van der Waals surface area contributed by atoms with E-state index in [2.05, 4.69) is 23.3 Å². The van der Waals surface area contributed by atoms with E-state index >= 15 is 0 Å². The SMILES string of the molecule is Cc1cccc2nc(CNC(=O)N(C)Cc3ccccc3)n(C)c12. The molecule has 1 heterocycles. The third kappa shape index (κ3) is 3.25. The number of nitrogens with one attached hydrogen (secondary N) is 1. The van der Waals surface area contributed by atoms with Gasteiger partial charge in [-0.25, -0.2) is 9.78 Å². The molecule has 0 radical (unpaired) electrons. The van der Waals surface area contributed by atoms with Crippen LogP contribution in [0.1, 0.15) is 17.0 Å². The lowest BCUT2D eigenvalue weighted by Gasteiger charge is -2.18. The van der Waals surface area contributed by atoms with E-state index in [9.17, 15) is 4.79 Å². The Bertz CT molecular complexity index is 854. The minimum absolute atomic E-state index is 0.109. The number of carbonyl (C=O) groups excluding carboxylic acids is 1. The predicted molar refractivity (Wildman–Crippen MR) is 95.6 cm³/mol. The Balaban J connectivity index is 1.66. The number of carbonyl (C=O) groups is 1. The molecule has 0 saturated carbocycles. The first-order chi connectivity index (χ1) is 11.6. The van der Waals surface area contributed by atoms with Crippen molar-refractivity contribution in [2.75, 3.05) is 7.05 Å². The lowest BCUT2D eigenvalue weighted by molar-refractivity contribution is 0.206. The lowest BCUT2D eigenvalue weighted by Crippen LogP contribution is -2.36. The van der Waals surface area contributed by atoms with Gasteiger partial charge < -0.3 is 14.8 Å². The molecule has 0 fully saturated rings. The summed E-state index contributed by atoms with van der Waals surface area (Å²) in [5, 5.41) is 2.94. The minimum Gasteiger partial charge on any atom is -0.331 e. The molecule has 2 aromatic carbocycles. The van der Waals surface area contributed by atoms with E-state index in [-0.39, 0.29) is 6.03 Å². The molecule has 0 bridgehead atoms. The third-order valence-electron chi connectivity index (χ3n) is 4.20. The lowest BCUT2D eigenvalue weighted by atomic mass is 10.2. The number of hydrogen-bond donors (Lipinski definition) is 1. The molecule has 1 N–H and O–H groups in total. The number of amides is 2. The van der Waals surface area contributed by atoms with Crippen LogP contribution in [0.2, 0.25) is 0 Å². The fourth-order valence-electron chi connectivity index (χ4n) is 2.89. The third-order valence-corrected chi connectivity index (χ3v) is 4.20. The highest BCUT2D eigenvalue weighted by atomic mass is 16.2. The summed E-state index contributed by atoms with van der Waals surface area (Å²) in [5.74, 6) is 0.848. The Morgan fingerprint density at radius 3 is 2.62 bits per heavy atom. The first kappa shape index (κ1) is 16.1. The van der Waals surface area contributed by atoms with Gasteiger partial charge in [0, 0.05) is 20.6 Å². The highest BCUT2D eigenvalue weighted by Crippen LogP contribution is 2.18. The predicted octanol–water partition coefficient (Wildman–Crippen LogP) is 3.22. The van der Waals surface area contributed by atoms with Crippen LogP contribution in [0.5, 0.6) is 0 Å². The van der Waals surface area contributed by atoms with Crippen molar-refractivity contribution in [1.82, 2.24) is 19.8 Å². The summed E-state index contributed by atoms with van der Waals surface area (Å²) >= 11 is 0. The molecule has 0 aliphatic carbocycles. The average molecular weight is 322 g/mol. The second-order valence-electron chi connectivity index (χ2n) is 6.03. The summed E-state index contributed by atoms with van der Waals surface area (Å²) in [6, 6.07) is 15.9. The van der Waals surface area contributed by atoms with Gasteiger partial charge in [-0.15, -0.1) is 0 Å². The Labute approximate surface area is 141 Å². The number of urea groups is 1. The Morgan fingerprint density at radius 2 is 1.92 bits per heavy atom. The van der Waals surface area contributed by atoms with Crippen LogP contribution in [0.25, 0.3) is 11.0 Å². The van der Waals surface area contributed by atoms with Crippen molar-refractivity contribution in [1.29, 1.82) is 0 Å². The quantitative estimate of drug-likeness (QED) is 0.802. The van der Waals surface area contributed by atoms with Crippen LogP contribution in [0.4, 0.5) is 4.79 Å². The Kier molecular flexibility index (Phi) is 4.51. The van der Waals surface area contributed by atoms with Gasteiger partial charge >= 0.3 is 6.03 Å². The molecule has 3 rings (SSSR count). The van der Waals surface area contributed by atoms with E-state index < -0.39 is 0 Å². The number of imidazole rings is 1. The van der Waals surface area contributed by atoms with Crippen molar-refractivity contribution in [3.63, 3.8) is 0 Å². The van der Waals surface area contributed by atoms with Gasteiger partial charge in [-0.2, -0.15) is 0 Å². The molecule has 2 amide bonds. The second-order valence-corrected chi connectivity index (χ2v) is 6.03. The van der Waals surface area contributed by atoms with Crippen molar-refractivity contribution < 1.29 is 4.79 Å². The van der Waals surface area contributed by atoms with Gasteiger partial charge in [0.05, 0.1) is 17.6 Å². The smallest absolute Gasteiger partial charge is 0.317 e. The number of aryl methyl sites for hydroxylation is 2. The van der Waals surface area contributed by atoms with Crippen LogP contribution in [-0.4, -0.2) is 27.5 Å². The molecule has 0 unspecified atom stereocenters. The van der Waals surface area contributed by atoms with Crippen LogP contribution in [0.3, 0.4) is 0 Å². The van der Waals surface area contributed by atoms with E-state index in [1.807, 2.05) is 54.1 Å². The Hall–Kier alpha value is -2.82. The molecule has 0 spiro atoms. The van der Waals surface area contributed by atoms with E-state index in [0.717, 1.165) is 22.4 Å². The number of para-hydroxylation sites is 1. The Morgan fingerprint density at radius 1 is 1.17 bits per heavy atom. The van der Waals surface area contributed by atoms with Crippen LogP contribution in [-0.2, 0) is 20.1 Å². The molecule has 1 aromatic heterocycles. The van der Waals surface area contributed by atoms with Gasteiger partial charge in [0.2, 0.25) is 0 Å². The number of fused-ring (bicyclic) bond motifs is 1. The fourth-order valence-corrected chi connectivity index (χ4v) is 2.89. The van der Waals surface area contributed by atoms with Gasteiger partial charge in [0.25, 0.3) is 0 Å². The number of hydrogen-bond acceptors (Lipinski definition) is 2. The highest BCUT2D eigenvalue weighted by Gasteiger charge is 2.12. The highest BCUT2D eigenvalue weighted by molar-refractivity contribution is 5.79. The standard InChI is InChI=1S/C19H22N4O/c1-14-8-7-11-16-18(14)23(3)17(21-16)12-20-19(24)22(2)13-15-9-5-4-6-10-15/h4-11H,12-13H2,1-3H3,(H,20,24). The van der Waals surface area contributed by atoms with Gasteiger partial charge in [0.15, 0.2) is 0 Å². The molecular weight excluding hydrogens is 300 g/mol. The molecule has 24 heavy (non-hydrogen) atoms. The summed E-state index contributed by atoms with van der Waals surface area (Å²) in [6.45, 7) is 3.05. The number of aromatic nitrogens is 2. The second kappa shape index (κ2) is 6.74. The maximum atomic E-state index is 12.3. The number of benzene rings is 2. The van der Waals surface area contributed by atoms with Gasteiger partial charge in [-0.3, -0.25) is 0 Å². The first-order valence-electron chi connectivity index (χ1n) is 8.00. The first-order valence-corrected chi connectivity index (χ1v) is 8.00. The van der Waals surface area contributed by atoms with E-state index in [1.54, 1.807) is 11.9 Å².